The molecule has 6 nitrogen and oxygen atoms in total. The maximum Gasteiger partial charge on any atom is 0.259 e. The summed E-state index contributed by atoms with van der Waals surface area (Å²) >= 11 is 1.32. The van der Waals surface area contributed by atoms with E-state index >= 15 is 0 Å². The lowest BCUT2D eigenvalue weighted by Crippen LogP contribution is -2.43. The maximum atomic E-state index is 13.2. The van der Waals surface area contributed by atoms with Crippen LogP contribution in [-0.2, 0) is 9.59 Å². The third-order valence-electron chi connectivity index (χ3n) is 5.36. The number of para-hydroxylation sites is 1. The van der Waals surface area contributed by atoms with E-state index in [4.69, 9.17) is 9.98 Å². The molecule has 2 aromatic carbocycles. The molecule has 31 heavy (non-hydrogen) atoms. The number of anilines is 1. The van der Waals surface area contributed by atoms with Crippen LogP contribution in [0.3, 0.4) is 0 Å². The monoisotopic (exact) mass is 434 g/mol. The van der Waals surface area contributed by atoms with Crippen LogP contribution in [0.4, 0.5) is 11.4 Å². The van der Waals surface area contributed by atoms with Gasteiger partial charge in [-0.3, -0.25) is 14.6 Å². The van der Waals surface area contributed by atoms with E-state index in [2.05, 4.69) is 5.32 Å². The Morgan fingerprint density at radius 1 is 1.16 bits per heavy atom. The van der Waals surface area contributed by atoms with Crippen LogP contribution in [0.2, 0.25) is 0 Å². The number of nitrogens with one attached hydrogen (secondary N) is 1. The van der Waals surface area contributed by atoms with E-state index in [9.17, 15) is 9.59 Å². The molecule has 0 aromatic heterocycles. The molecule has 160 valence electrons. The average molecular weight is 435 g/mol. The predicted octanol–water partition coefficient (Wildman–Crippen LogP) is 4.76. The first-order valence-corrected chi connectivity index (χ1v) is 11.4. The highest BCUT2D eigenvalue weighted by Gasteiger charge is 2.43. The Bertz CT molecular complexity index is 1080. The molecule has 4 rings (SSSR count). The number of benzene rings is 2. The summed E-state index contributed by atoms with van der Waals surface area (Å²) < 4.78 is 0. The normalized spacial score (nSPS) is 18.3. The predicted molar refractivity (Wildman–Crippen MR) is 127 cm³/mol. The summed E-state index contributed by atoms with van der Waals surface area (Å²) in [6.45, 7) is 7.95. The van der Waals surface area contributed by atoms with Crippen molar-refractivity contribution in [1.29, 1.82) is 0 Å². The number of amidine groups is 2. The van der Waals surface area contributed by atoms with Gasteiger partial charge >= 0.3 is 0 Å². The lowest BCUT2D eigenvalue weighted by molar-refractivity contribution is -0.125. The van der Waals surface area contributed by atoms with Gasteiger partial charge in [0.1, 0.15) is 11.9 Å². The van der Waals surface area contributed by atoms with Gasteiger partial charge in [0.2, 0.25) is 5.91 Å². The first-order chi connectivity index (χ1) is 14.9. The third-order valence-corrected chi connectivity index (χ3v) is 6.68. The second-order valence-corrected chi connectivity index (χ2v) is 9.27. The van der Waals surface area contributed by atoms with E-state index < -0.39 is 11.3 Å². The highest BCUT2D eigenvalue weighted by atomic mass is 32.2. The van der Waals surface area contributed by atoms with Crippen molar-refractivity contribution in [3.8, 4) is 0 Å². The van der Waals surface area contributed by atoms with Gasteiger partial charge in [0.15, 0.2) is 5.17 Å². The van der Waals surface area contributed by atoms with Gasteiger partial charge in [0.05, 0.1) is 10.9 Å². The van der Waals surface area contributed by atoms with Gasteiger partial charge in [-0.15, -0.1) is 0 Å². The van der Waals surface area contributed by atoms with Gasteiger partial charge in [-0.05, 0) is 43.5 Å². The summed E-state index contributed by atoms with van der Waals surface area (Å²) in [5, 5.41) is 3.10. The summed E-state index contributed by atoms with van der Waals surface area (Å²) in [7, 11) is 0. The number of aliphatic imine (C=N–C) groups is 2. The number of rotatable bonds is 5. The van der Waals surface area contributed by atoms with Crippen molar-refractivity contribution >= 4 is 46.0 Å². The summed E-state index contributed by atoms with van der Waals surface area (Å²) in [6, 6.07) is 15.0. The van der Waals surface area contributed by atoms with Crippen LogP contribution in [0.15, 0.2) is 58.5 Å². The van der Waals surface area contributed by atoms with Crippen molar-refractivity contribution in [1.82, 2.24) is 4.90 Å². The summed E-state index contributed by atoms with van der Waals surface area (Å²) in [4.78, 5) is 37.2. The fourth-order valence-corrected chi connectivity index (χ4v) is 4.61. The molecule has 7 heteroatoms. The maximum absolute atomic E-state index is 13.2. The minimum absolute atomic E-state index is 0.0795. The van der Waals surface area contributed by atoms with Crippen LogP contribution in [0.1, 0.15) is 38.3 Å². The Morgan fingerprint density at radius 2 is 1.87 bits per heavy atom. The van der Waals surface area contributed by atoms with Gasteiger partial charge in [-0.25, -0.2) is 9.89 Å². The van der Waals surface area contributed by atoms with Crippen LogP contribution < -0.4 is 5.32 Å². The molecule has 2 aliphatic heterocycles. The zero-order valence-corrected chi connectivity index (χ0v) is 18.9. The molecular formula is C24H26N4O2S. The molecule has 0 spiro atoms. The molecule has 0 saturated carbocycles. The Morgan fingerprint density at radius 3 is 2.55 bits per heavy atom. The highest BCUT2D eigenvalue weighted by molar-refractivity contribution is 8.15. The Balaban J connectivity index is 1.62. The molecular weight excluding hydrogens is 408 g/mol. The minimum atomic E-state index is -0.437. The van der Waals surface area contributed by atoms with E-state index in [1.165, 1.54) is 11.8 Å². The topological polar surface area (TPSA) is 74.1 Å². The largest absolute Gasteiger partial charge is 0.325 e. The van der Waals surface area contributed by atoms with Gasteiger partial charge in [-0.1, -0.05) is 62.4 Å². The van der Waals surface area contributed by atoms with E-state index in [0.717, 1.165) is 22.5 Å². The number of aryl methyl sites for hydroxylation is 1. The standard InChI is InChI=1S/C24H26N4O2S/c1-5-19(22(29)25-16-12-10-15(4)11-13-16)31-24-26-18-9-7-6-8-17(18)21-27-20(14(2)3)23(30)28(21)24/h6-14,19-20H,5H2,1-4H3,(H,25,29)/t19-,20-/m0/s1. The number of hydrogen-bond donors (Lipinski definition) is 1. The molecule has 2 aromatic rings. The lowest BCUT2D eigenvalue weighted by Gasteiger charge is -2.27. The molecule has 2 atom stereocenters. The smallest absolute Gasteiger partial charge is 0.259 e. The van der Waals surface area contributed by atoms with Crippen molar-refractivity contribution in [2.45, 2.75) is 45.4 Å². The molecule has 1 N–H and O–H groups in total. The number of hydrogen-bond acceptors (Lipinski definition) is 5. The molecule has 2 aliphatic rings. The number of thioether (sulfide) groups is 1. The second kappa shape index (κ2) is 8.67. The number of fused-ring (bicyclic) bond motifs is 3. The van der Waals surface area contributed by atoms with Crippen LogP contribution >= 0.6 is 11.8 Å². The molecule has 0 radical (unpaired) electrons. The van der Waals surface area contributed by atoms with Crippen molar-refractivity contribution < 1.29 is 9.59 Å². The Labute approximate surface area is 186 Å². The van der Waals surface area contributed by atoms with Crippen molar-refractivity contribution in [3.63, 3.8) is 0 Å². The van der Waals surface area contributed by atoms with Crippen molar-refractivity contribution in [2.24, 2.45) is 15.9 Å². The molecule has 0 fully saturated rings. The van der Waals surface area contributed by atoms with Crippen LogP contribution in [-0.4, -0.2) is 39.0 Å². The van der Waals surface area contributed by atoms with E-state index in [-0.39, 0.29) is 17.7 Å². The van der Waals surface area contributed by atoms with E-state index in [1.54, 1.807) is 4.90 Å². The van der Waals surface area contributed by atoms with E-state index in [0.29, 0.717) is 17.4 Å². The van der Waals surface area contributed by atoms with E-state index in [1.807, 2.05) is 76.2 Å². The zero-order valence-electron chi connectivity index (χ0n) is 18.1. The molecule has 2 heterocycles. The summed E-state index contributed by atoms with van der Waals surface area (Å²) in [5.74, 6) is 0.518. The zero-order chi connectivity index (χ0) is 22.1. The molecule has 0 aliphatic carbocycles. The molecule has 2 amide bonds. The van der Waals surface area contributed by atoms with Crippen LogP contribution in [0.25, 0.3) is 0 Å². The van der Waals surface area contributed by atoms with Gasteiger partial charge < -0.3 is 5.32 Å². The third kappa shape index (κ3) is 4.14. The van der Waals surface area contributed by atoms with Gasteiger partial charge in [0.25, 0.3) is 5.91 Å². The highest BCUT2D eigenvalue weighted by Crippen LogP contribution is 2.36. The SMILES string of the molecule is CC[C@H](SC1=Nc2ccccc2C2=N[C@@H](C(C)C)C(=O)N12)C(=O)Nc1ccc(C)cc1. The fraction of sp³-hybridized carbons (Fsp3) is 0.333. The van der Waals surface area contributed by atoms with Gasteiger partial charge in [-0.2, -0.15) is 0 Å². The first-order valence-electron chi connectivity index (χ1n) is 10.5. The molecule has 0 unspecified atom stereocenters. The minimum Gasteiger partial charge on any atom is -0.325 e. The fourth-order valence-electron chi connectivity index (χ4n) is 3.59. The van der Waals surface area contributed by atoms with Crippen molar-refractivity contribution in [2.75, 3.05) is 5.32 Å². The first kappa shape index (κ1) is 21.3. The number of carbonyl (C=O) groups excluding carboxylic acids is 2. The number of nitrogens with zero attached hydrogens (tertiary/aromatic N) is 3. The number of amides is 2. The lowest BCUT2D eigenvalue weighted by atomic mass is 10.1. The number of carbonyl (C=O) groups is 2. The quantitative estimate of drug-likeness (QED) is 0.737. The van der Waals surface area contributed by atoms with Crippen LogP contribution in [0, 0.1) is 12.8 Å². The Kier molecular flexibility index (Phi) is 5.96. The molecule has 0 saturated heterocycles. The van der Waals surface area contributed by atoms with Crippen molar-refractivity contribution in [3.05, 3.63) is 59.7 Å². The summed E-state index contributed by atoms with van der Waals surface area (Å²) in [6.07, 6.45) is 0.602. The summed E-state index contributed by atoms with van der Waals surface area (Å²) in [5.41, 5.74) is 3.50. The van der Waals surface area contributed by atoms with Gasteiger partial charge in [0, 0.05) is 11.3 Å². The Hall–Kier alpha value is -2.93. The van der Waals surface area contributed by atoms with Crippen LogP contribution in [0.5, 0.6) is 0 Å². The second-order valence-electron chi connectivity index (χ2n) is 8.10. The molecule has 0 bridgehead atoms. The average Bonchev–Trinajstić information content (AvgIpc) is 3.11.